The van der Waals surface area contributed by atoms with Crippen molar-refractivity contribution < 1.29 is 0 Å². The van der Waals surface area contributed by atoms with Gasteiger partial charge in [0.05, 0.1) is 0 Å². The number of hydrogen-bond acceptors (Lipinski definition) is 1. The second kappa shape index (κ2) is 5.82. The van der Waals surface area contributed by atoms with E-state index in [4.69, 9.17) is 5.73 Å². The second-order valence-electron chi connectivity index (χ2n) is 4.06. The molecule has 0 heterocycles. The van der Waals surface area contributed by atoms with Crippen molar-refractivity contribution in [3.8, 4) is 0 Å². The zero-order valence-corrected chi connectivity index (χ0v) is 9.24. The van der Waals surface area contributed by atoms with Crippen LogP contribution in [0.4, 0.5) is 0 Å². The molecule has 1 aromatic rings. The molecule has 0 bridgehead atoms. The summed E-state index contributed by atoms with van der Waals surface area (Å²) in [6.07, 6.45) is 3.76. The van der Waals surface area contributed by atoms with Crippen molar-refractivity contribution in [2.75, 3.05) is 0 Å². The first kappa shape index (κ1) is 11.3. The molecule has 0 fully saturated rings. The molecule has 0 radical (unpaired) electrons. The van der Waals surface area contributed by atoms with Crippen LogP contribution < -0.4 is 5.73 Å². The van der Waals surface area contributed by atoms with Gasteiger partial charge in [-0.3, -0.25) is 0 Å². The Bertz CT molecular complexity index is 243. The highest BCUT2D eigenvalue weighted by molar-refractivity contribution is 5.18. The van der Waals surface area contributed by atoms with Crippen LogP contribution in [0.3, 0.4) is 0 Å². The summed E-state index contributed by atoms with van der Waals surface area (Å²) in [6, 6.07) is 10.6. The lowest BCUT2D eigenvalue weighted by Crippen LogP contribution is -2.18. The van der Waals surface area contributed by atoms with Crippen molar-refractivity contribution in [1.29, 1.82) is 0 Å². The Morgan fingerprint density at radius 3 is 2.43 bits per heavy atom. The van der Waals surface area contributed by atoms with Crippen molar-refractivity contribution in [2.24, 2.45) is 11.7 Å². The number of unbranched alkanes of at least 4 members (excludes halogenated alkanes) is 1. The van der Waals surface area contributed by atoms with Crippen molar-refractivity contribution in [2.45, 2.75) is 39.2 Å². The van der Waals surface area contributed by atoms with Gasteiger partial charge in [-0.25, -0.2) is 0 Å². The quantitative estimate of drug-likeness (QED) is 0.757. The molecule has 0 aliphatic heterocycles. The standard InChI is InChI=1S/C13H21N/c1-3-4-8-11(2)13(14)12-9-6-5-7-10-12/h5-7,9-11,13H,3-4,8,14H2,1-2H3. The molecule has 1 nitrogen and oxygen atoms in total. The normalized spacial score (nSPS) is 15.1. The van der Waals surface area contributed by atoms with E-state index in [-0.39, 0.29) is 6.04 Å². The van der Waals surface area contributed by atoms with Gasteiger partial charge in [-0.15, -0.1) is 0 Å². The number of benzene rings is 1. The monoisotopic (exact) mass is 191 g/mol. The Hall–Kier alpha value is -0.820. The third-order valence-corrected chi connectivity index (χ3v) is 2.81. The first-order valence-electron chi connectivity index (χ1n) is 5.56. The van der Waals surface area contributed by atoms with E-state index in [9.17, 15) is 0 Å². The first-order valence-corrected chi connectivity index (χ1v) is 5.56. The van der Waals surface area contributed by atoms with Gasteiger partial charge in [0.15, 0.2) is 0 Å². The molecule has 2 N–H and O–H groups in total. The van der Waals surface area contributed by atoms with Crippen LogP contribution >= 0.6 is 0 Å². The lowest BCUT2D eigenvalue weighted by Gasteiger charge is -2.19. The minimum atomic E-state index is 0.197. The van der Waals surface area contributed by atoms with Gasteiger partial charge in [0, 0.05) is 6.04 Å². The van der Waals surface area contributed by atoms with E-state index in [1.807, 2.05) is 6.07 Å². The largest absolute Gasteiger partial charge is 0.324 e. The Balaban J connectivity index is 2.52. The summed E-state index contributed by atoms with van der Waals surface area (Å²) in [6.45, 7) is 4.47. The van der Waals surface area contributed by atoms with E-state index in [0.717, 1.165) is 0 Å². The van der Waals surface area contributed by atoms with Gasteiger partial charge in [0.2, 0.25) is 0 Å². The molecule has 2 atom stereocenters. The third-order valence-electron chi connectivity index (χ3n) is 2.81. The lowest BCUT2D eigenvalue weighted by molar-refractivity contribution is 0.423. The van der Waals surface area contributed by atoms with Crippen LogP contribution in [0.25, 0.3) is 0 Å². The molecular formula is C13H21N. The highest BCUT2D eigenvalue weighted by Gasteiger charge is 2.13. The topological polar surface area (TPSA) is 26.0 Å². The van der Waals surface area contributed by atoms with Gasteiger partial charge in [-0.2, -0.15) is 0 Å². The van der Waals surface area contributed by atoms with Crippen LogP contribution in [0.15, 0.2) is 30.3 Å². The lowest BCUT2D eigenvalue weighted by atomic mass is 9.91. The zero-order valence-electron chi connectivity index (χ0n) is 9.24. The van der Waals surface area contributed by atoms with E-state index in [1.54, 1.807) is 0 Å². The van der Waals surface area contributed by atoms with E-state index in [1.165, 1.54) is 24.8 Å². The predicted octanol–water partition coefficient (Wildman–Crippen LogP) is 3.51. The van der Waals surface area contributed by atoms with Gasteiger partial charge in [0.25, 0.3) is 0 Å². The third kappa shape index (κ3) is 3.15. The van der Waals surface area contributed by atoms with Crippen LogP contribution in [0.1, 0.15) is 44.7 Å². The molecule has 0 amide bonds. The number of rotatable bonds is 5. The summed E-state index contributed by atoms with van der Waals surface area (Å²) in [4.78, 5) is 0. The highest BCUT2D eigenvalue weighted by Crippen LogP contribution is 2.23. The van der Waals surface area contributed by atoms with E-state index in [0.29, 0.717) is 5.92 Å². The maximum Gasteiger partial charge on any atom is 0.0320 e. The van der Waals surface area contributed by atoms with E-state index < -0.39 is 0 Å². The molecule has 78 valence electrons. The average molecular weight is 191 g/mol. The average Bonchev–Trinajstić information content (AvgIpc) is 2.26. The van der Waals surface area contributed by atoms with Crippen molar-refractivity contribution >= 4 is 0 Å². The van der Waals surface area contributed by atoms with Crippen molar-refractivity contribution in [1.82, 2.24) is 0 Å². The molecule has 1 aromatic carbocycles. The number of nitrogens with two attached hydrogens (primary N) is 1. The summed E-state index contributed by atoms with van der Waals surface area (Å²) >= 11 is 0. The molecule has 14 heavy (non-hydrogen) atoms. The summed E-state index contributed by atoms with van der Waals surface area (Å²) in [7, 11) is 0. The van der Waals surface area contributed by atoms with Crippen LogP contribution in [0.2, 0.25) is 0 Å². The fraction of sp³-hybridized carbons (Fsp3) is 0.538. The van der Waals surface area contributed by atoms with Gasteiger partial charge in [0.1, 0.15) is 0 Å². The van der Waals surface area contributed by atoms with Gasteiger partial charge in [-0.05, 0) is 17.9 Å². The molecule has 0 aliphatic carbocycles. The molecule has 0 saturated heterocycles. The highest BCUT2D eigenvalue weighted by atomic mass is 14.6. The maximum absolute atomic E-state index is 6.18. The molecule has 0 aliphatic rings. The van der Waals surface area contributed by atoms with Gasteiger partial charge in [-0.1, -0.05) is 57.0 Å². The van der Waals surface area contributed by atoms with Crippen LogP contribution in [0, 0.1) is 5.92 Å². The Kier molecular flexibility index (Phi) is 4.68. The maximum atomic E-state index is 6.18. The second-order valence-corrected chi connectivity index (χ2v) is 4.06. The van der Waals surface area contributed by atoms with Crippen LogP contribution in [-0.4, -0.2) is 0 Å². The molecule has 1 heteroatoms. The first-order chi connectivity index (χ1) is 6.75. The summed E-state index contributed by atoms with van der Waals surface area (Å²) in [5.41, 5.74) is 7.44. The summed E-state index contributed by atoms with van der Waals surface area (Å²) in [5, 5.41) is 0. The van der Waals surface area contributed by atoms with Crippen molar-refractivity contribution in [3.05, 3.63) is 35.9 Å². The fourth-order valence-electron chi connectivity index (χ4n) is 1.71. The van der Waals surface area contributed by atoms with E-state index in [2.05, 4.69) is 38.1 Å². The zero-order chi connectivity index (χ0) is 10.4. The fourth-order valence-corrected chi connectivity index (χ4v) is 1.71. The van der Waals surface area contributed by atoms with Crippen molar-refractivity contribution in [3.63, 3.8) is 0 Å². The molecular weight excluding hydrogens is 170 g/mol. The van der Waals surface area contributed by atoms with E-state index >= 15 is 0 Å². The minimum absolute atomic E-state index is 0.197. The van der Waals surface area contributed by atoms with Crippen LogP contribution in [0.5, 0.6) is 0 Å². The van der Waals surface area contributed by atoms with Crippen LogP contribution in [-0.2, 0) is 0 Å². The molecule has 0 saturated carbocycles. The Morgan fingerprint density at radius 2 is 1.86 bits per heavy atom. The molecule has 0 spiro atoms. The Morgan fingerprint density at radius 1 is 1.21 bits per heavy atom. The van der Waals surface area contributed by atoms with Gasteiger partial charge < -0.3 is 5.73 Å². The predicted molar refractivity (Wildman–Crippen MR) is 62.1 cm³/mol. The smallest absolute Gasteiger partial charge is 0.0320 e. The Labute approximate surface area is 87.3 Å². The molecule has 2 unspecified atom stereocenters. The number of hydrogen-bond donors (Lipinski definition) is 1. The minimum Gasteiger partial charge on any atom is -0.324 e. The SMILES string of the molecule is CCCCC(C)C(N)c1ccccc1. The van der Waals surface area contributed by atoms with Gasteiger partial charge >= 0.3 is 0 Å². The molecule has 1 rings (SSSR count). The summed E-state index contributed by atoms with van der Waals surface area (Å²) in [5.74, 6) is 0.581. The summed E-state index contributed by atoms with van der Waals surface area (Å²) < 4.78 is 0. The molecule has 0 aromatic heterocycles.